The standard InChI is InChI=1S/C13H25NO2/c1-4-16-13(15)11(2)9-14(3)10-12-7-5-6-8-12/h11-12H,4-10H2,1-3H3. The minimum Gasteiger partial charge on any atom is -0.466 e. The second-order valence-corrected chi connectivity index (χ2v) is 5.02. The zero-order valence-corrected chi connectivity index (χ0v) is 10.9. The monoisotopic (exact) mass is 227 g/mol. The summed E-state index contributed by atoms with van der Waals surface area (Å²) >= 11 is 0. The van der Waals surface area contributed by atoms with Gasteiger partial charge in [0.2, 0.25) is 0 Å². The summed E-state index contributed by atoms with van der Waals surface area (Å²) < 4.78 is 5.01. The van der Waals surface area contributed by atoms with Crippen LogP contribution in [0.1, 0.15) is 39.5 Å². The average Bonchev–Trinajstić information content (AvgIpc) is 2.70. The lowest BCUT2D eigenvalue weighted by Crippen LogP contribution is -2.32. The molecule has 0 radical (unpaired) electrons. The van der Waals surface area contributed by atoms with Gasteiger partial charge in [0, 0.05) is 13.1 Å². The SMILES string of the molecule is CCOC(=O)C(C)CN(C)CC1CCCC1. The molecule has 0 aromatic carbocycles. The molecule has 0 saturated heterocycles. The second-order valence-electron chi connectivity index (χ2n) is 5.02. The highest BCUT2D eigenvalue weighted by Gasteiger charge is 2.20. The lowest BCUT2D eigenvalue weighted by molar-refractivity contribution is -0.147. The number of ether oxygens (including phenoxy) is 1. The highest BCUT2D eigenvalue weighted by molar-refractivity contribution is 5.72. The van der Waals surface area contributed by atoms with Gasteiger partial charge in [0.05, 0.1) is 12.5 Å². The maximum Gasteiger partial charge on any atom is 0.309 e. The fraction of sp³-hybridized carbons (Fsp3) is 0.923. The van der Waals surface area contributed by atoms with Crippen LogP contribution in [0.5, 0.6) is 0 Å². The summed E-state index contributed by atoms with van der Waals surface area (Å²) in [4.78, 5) is 13.7. The van der Waals surface area contributed by atoms with Crippen LogP contribution in [-0.4, -0.2) is 37.6 Å². The molecule has 1 aliphatic rings. The second kappa shape index (κ2) is 6.89. The van der Waals surface area contributed by atoms with Crippen molar-refractivity contribution in [2.24, 2.45) is 11.8 Å². The summed E-state index contributed by atoms with van der Waals surface area (Å²) in [5, 5.41) is 0. The smallest absolute Gasteiger partial charge is 0.309 e. The Kier molecular flexibility index (Phi) is 5.81. The molecular weight excluding hydrogens is 202 g/mol. The molecule has 0 aliphatic heterocycles. The third-order valence-electron chi connectivity index (χ3n) is 3.32. The molecule has 0 heterocycles. The molecule has 3 nitrogen and oxygen atoms in total. The fourth-order valence-electron chi connectivity index (χ4n) is 2.53. The molecule has 0 N–H and O–H groups in total. The predicted octanol–water partition coefficient (Wildman–Crippen LogP) is 2.31. The molecule has 1 saturated carbocycles. The van der Waals surface area contributed by atoms with E-state index in [2.05, 4.69) is 11.9 Å². The molecule has 0 bridgehead atoms. The number of carbonyl (C=O) groups is 1. The molecule has 0 aromatic rings. The Bertz CT molecular complexity index is 212. The highest BCUT2D eigenvalue weighted by atomic mass is 16.5. The Hall–Kier alpha value is -0.570. The molecule has 0 aromatic heterocycles. The number of rotatable bonds is 6. The van der Waals surface area contributed by atoms with Crippen LogP contribution >= 0.6 is 0 Å². The molecule has 94 valence electrons. The van der Waals surface area contributed by atoms with Gasteiger partial charge in [-0.25, -0.2) is 0 Å². The third-order valence-corrected chi connectivity index (χ3v) is 3.32. The fourth-order valence-corrected chi connectivity index (χ4v) is 2.53. The van der Waals surface area contributed by atoms with Gasteiger partial charge in [-0.2, -0.15) is 0 Å². The lowest BCUT2D eigenvalue weighted by Gasteiger charge is -2.23. The summed E-state index contributed by atoms with van der Waals surface area (Å²) in [6.45, 7) is 6.23. The van der Waals surface area contributed by atoms with Gasteiger partial charge in [-0.1, -0.05) is 19.8 Å². The van der Waals surface area contributed by atoms with Gasteiger partial charge in [-0.05, 0) is 32.7 Å². The molecule has 3 heteroatoms. The van der Waals surface area contributed by atoms with Crippen LogP contribution in [0.25, 0.3) is 0 Å². The number of hydrogen-bond donors (Lipinski definition) is 0. The van der Waals surface area contributed by atoms with Crippen LogP contribution in [0.3, 0.4) is 0 Å². The van der Waals surface area contributed by atoms with Gasteiger partial charge < -0.3 is 9.64 Å². The van der Waals surface area contributed by atoms with E-state index in [4.69, 9.17) is 4.74 Å². The summed E-state index contributed by atoms with van der Waals surface area (Å²) in [6.07, 6.45) is 5.48. The summed E-state index contributed by atoms with van der Waals surface area (Å²) in [6, 6.07) is 0. The molecule has 0 amide bonds. The Labute approximate surface area is 99.1 Å². The van der Waals surface area contributed by atoms with Gasteiger partial charge in [-0.15, -0.1) is 0 Å². The van der Waals surface area contributed by atoms with Crippen LogP contribution in [0.4, 0.5) is 0 Å². The summed E-state index contributed by atoms with van der Waals surface area (Å²) in [5.41, 5.74) is 0. The first kappa shape index (κ1) is 13.5. The van der Waals surface area contributed by atoms with E-state index >= 15 is 0 Å². The maximum absolute atomic E-state index is 11.5. The van der Waals surface area contributed by atoms with E-state index in [0.717, 1.165) is 19.0 Å². The lowest BCUT2D eigenvalue weighted by atomic mass is 10.1. The van der Waals surface area contributed by atoms with Crippen molar-refractivity contribution in [3.8, 4) is 0 Å². The number of nitrogens with zero attached hydrogens (tertiary/aromatic N) is 1. The maximum atomic E-state index is 11.5. The van der Waals surface area contributed by atoms with Gasteiger partial charge >= 0.3 is 5.97 Å². The minimum absolute atomic E-state index is 0.00801. The molecular formula is C13H25NO2. The number of esters is 1. The van der Waals surface area contributed by atoms with Gasteiger partial charge in [0.1, 0.15) is 0 Å². The van der Waals surface area contributed by atoms with Crippen LogP contribution in [0, 0.1) is 11.8 Å². The molecule has 16 heavy (non-hydrogen) atoms. The molecule has 1 fully saturated rings. The molecule has 1 unspecified atom stereocenters. The quantitative estimate of drug-likeness (QED) is 0.652. The van der Waals surface area contributed by atoms with E-state index < -0.39 is 0 Å². The van der Waals surface area contributed by atoms with E-state index in [1.807, 2.05) is 13.8 Å². The Morgan fingerprint density at radius 3 is 2.62 bits per heavy atom. The van der Waals surface area contributed by atoms with Crippen molar-refractivity contribution in [1.29, 1.82) is 0 Å². The van der Waals surface area contributed by atoms with Crippen molar-refractivity contribution >= 4 is 5.97 Å². The normalized spacial score (nSPS) is 19.0. The topological polar surface area (TPSA) is 29.5 Å². The van der Waals surface area contributed by atoms with Crippen molar-refractivity contribution in [1.82, 2.24) is 4.90 Å². The van der Waals surface area contributed by atoms with Crippen LogP contribution in [0.2, 0.25) is 0 Å². The van der Waals surface area contributed by atoms with Crippen LogP contribution in [-0.2, 0) is 9.53 Å². The summed E-state index contributed by atoms with van der Waals surface area (Å²) in [7, 11) is 2.11. The van der Waals surface area contributed by atoms with Crippen molar-refractivity contribution in [3.63, 3.8) is 0 Å². The Balaban J connectivity index is 2.21. The predicted molar refractivity (Wildman–Crippen MR) is 65.3 cm³/mol. The van der Waals surface area contributed by atoms with E-state index in [1.165, 1.54) is 25.7 Å². The molecule has 1 rings (SSSR count). The first-order valence-corrected chi connectivity index (χ1v) is 6.48. The zero-order chi connectivity index (χ0) is 12.0. The van der Waals surface area contributed by atoms with Crippen LogP contribution < -0.4 is 0 Å². The highest BCUT2D eigenvalue weighted by Crippen LogP contribution is 2.25. The summed E-state index contributed by atoms with van der Waals surface area (Å²) in [5.74, 6) is 0.770. The Morgan fingerprint density at radius 2 is 2.06 bits per heavy atom. The van der Waals surface area contributed by atoms with Crippen molar-refractivity contribution < 1.29 is 9.53 Å². The van der Waals surface area contributed by atoms with E-state index in [-0.39, 0.29) is 11.9 Å². The van der Waals surface area contributed by atoms with Gasteiger partial charge in [-0.3, -0.25) is 4.79 Å². The minimum atomic E-state index is -0.0687. The van der Waals surface area contributed by atoms with Crippen molar-refractivity contribution in [2.75, 3.05) is 26.7 Å². The van der Waals surface area contributed by atoms with E-state index in [0.29, 0.717) is 6.61 Å². The van der Waals surface area contributed by atoms with Gasteiger partial charge in [0.15, 0.2) is 0 Å². The third kappa shape index (κ3) is 4.52. The molecule has 0 spiro atoms. The molecule has 1 atom stereocenters. The van der Waals surface area contributed by atoms with Crippen molar-refractivity contribution in [2.45, 2.75) is 39.5 Å². The average molecular weight is 227 g/mol. The number of carbonyl (C=O) groups excluding carboxylic acids is 1. The van der Waals surface area contributed by atoms with Gasteiger partial charge in [0.25, 0.3) is 0 Å². The van der Waals surface area contributed by atoms with E-state index in [1.54, 1.807) is 0 Å². The first-order valence-electron chi connectivity index (χ1n) is 6.48. The first-order chi connectivity index (χ1) is 7.63. The van der Waals surface area contributed by atoms with Crippen molar-refractivity contribution in [3.05, 3.63) is 0 Å². The number of hydrogen-bond acceptors (Lipinski definition) is 3. The van der Waals surface area contributed by atoms with E-state index in [9.17, 15) is 4.79 Å². The van der Waals surface area contributed by atoms with Crippen LogP contribution in [0.15, 0.2) is 0 Å². The Morgan fingerprint density at radius 1 is 1.44 bits per heavy atom. The largest absolute Gasteiger partial charge is 0.466 e. The molecule has 1 aliphatic carbocycles. The zero-order valence-electron chi connectivity index (χ0n) is 10.9.